The molecular weight excluding hydrogens is 254 g/mol. The normalized spacial score (nSPS) is 14.9. The van der Waals surface area contributed by atoms with Crippen LogP contribution in [0.4, 0.5) is 0 Å². The maximum Gasteiger partial charge on any atom is 0.313 e. The molecule has 18 heavy (non-hydrogen) atoms. The van der Waals surface area contributed by atoms with Gasteiger partial charge in [-0.05, 0) is 19.3 Å². The molecule has 100 valence electrons. The van der Waals surface area contributed by atoms with Crippen LogP contribution in [0, 0.1) is 0 Å². The molecule has 1 saturated carbocycles. The number of nitrogens with zero attached hydrogens (tertiary/aromatic N) is 3. The largest absolute Gasteiger partial charge is 0.481 e. The first-order valence-electron chi connectivity index (χ1n) is 6.08. The summed E-state index contributed by atoms with van der Waals surface area (Å²) in [7, 11) is 0. The highest BCUT2D eigenvalue weighted by Gasteiger charge is 2.29. The summed E-state index contributed by atoms with van der Waals surface area (Å²) in [6.45, 7) is 3.21. The number of carboxylic acid groups (broad SMARTS) is 1. The second-order valence-corrected chi connectivity index (χ2v) is 5.18. The van der Waals surface area contributed by atoms with Gasteiger partial charge < -0.3 is 14.4 Å². The van der Waals surface area contributed by atoms with Crippen molar-refractivity contribution in [2.45, 2.75) is 44.0 Å². The molecule has 6 nitrogen and oxygen atoms in total. The monoisotopic (exact) mass is 271 g/mol. The fourth-order valence-corrected chi connectivity index (χ4v) is 2.38. The van der Waals surface area contributed by atoms with Gasteiger partial charge in [-0.25, -0.2) is 0 Å². The Labute approximate surface area is 110 Å². The Morgan fingerprint density at radius 2 is 2.33 bits per heavy atom. The molecule has 0 saturated heterocycles. The van der Waals surface area contributed by atoms with Gasteiger partial charge in [0.05, 0.1) is 5.75 Å². The molecule has 0 aliphatic heterocycles. The van der Waals surface area contributed by atoms with Gasteiger partial charge in [-0.2, -0.15) is 0 Å². The van der Waals surface area contributed by atoms with Gasteiger partial charge in [0.15, 0.2) is 11.0 Å². The summed E-state index contributed by atoms with van der Waals surface area (Å²) in [5, 5.41) is 17.5. The van der Waals surface area contributed by atoms with Crippen molar-refractivity contribution in [3.8, 4) is 0 Å². The van der Waals surface area contributed by atoms with Crippen molar-refractivity contribution < 1.29 is 14.6 Å². The van der Waals surface area contributed by atoms with Crippen molar-refractivity contribution in [3.63, 3.8) is 0 Å². The predicted molar refractivity (Wildman–Crippen MR) is 66.6 cm³/mol. The number of thioether (sulfide) groups is 1. The lowest BCUT2D eigenvalue weighted by Gasteiger charge is -2.08. The zero-order valence-corrected chi connectivity index (χ0v) is 11.2. The van der Waals surface area contributed by atoms with Crippen LogP contribution in [0.25, 0.3) is 0 Å². The standard InChI is InChI=1S/C11H17N3O3S/c1-2-5-17-6-9-12-13-11(18-7-10(15)16)14(9)8-3-4-8/h8H,2-7H2,1H3,(H,15,16). The van der Waals surface area contributed by atoms with E-state index in [1.807, 2.05) is 4.57 Å². The second-order valence-electron chi connectivity index (χ2n) is 4.23. The van der Waals surface area contributed by atoms with Gasteiger partial charge >= 0.3 is 5.97 Å². The summed E-state index contributed by atoms with van der Waals surface area (Å²) in [5.41, 5.74) is 0. The Hall–Kier alpha value is -1.08. The number of aliphatic carboxylic acids is 1. The van der Waals surface area contributed by atoms with Crippen molar-refractivity contribution in [1.29, 1.82) is 0 Å². The molecule has 0 spiro atoms. The van der Waals surface area contributed by atoms with Gasteiger partial charge in [0.25, 0.3) is 0 Å². The fraction of sp³-hybridized carbons (Fsp3) is 0.727. The van der Waals surface area contributed by atoms with E-state index in [1.54, 1.807) is 0 Å². The molecule has 1 fully saturated rings. The highest BCUT2D eigenvalue weighted by molar-refractivity contribution is 7.99. The minimum atomic E-state index is -0.839. The highest BCUT2D eigenvalue weighted by atomic mass is 32.2. The van der Waals surface area contributed by atoms with Crippen LogP contribution in [-0.4, -0.2) is 38.2 Å². The van der Waals surface area contributed by atoms with Crippen molar-refractivity contribution >= 4 is 17.7 Å². The molecule has 1 aliphatic rings. The van der Waals surface area contributed by atoms with Crippen LogP contribution in [0.1, 0.15) is 38.1 Å². The molecule has 0 amide bonds. The van der Waals surface area contributed by atoms with Crippen LogP contribution in [0.5, 0.6) is 0 Å². The van der Waals surface area contributed by atoms with Crippen molar-refractivity contribution in [2.24, 2.45) is 0 Å². The highest BCUT2D eigenvalue weighted by Crippen LogP contribution is 2.38. The quantitative estimate of drug-likeness (QED) is 0.573. The summed E-state index contributed by atoms with van der Waals surface area (Å²) in [6, 6.07) is 0.427. The SMILES string of the molecule is CCCOCc1nnc(SCC(=O)O)n1C1CC1. The average Bonchev–Trinajstić information content (AvgIpc) is 3.09. The van der Waals surface area contributed by atoms with E-state index in [9.17, 15) is 4.79 Å². The van der Waals surface area contributed by atoms with Crippen LogP contribution in [-0.2, 0) is 16.1 Å². The lowest BCUT2D eigenvalue weighted by molar-refractivity contribution is -0.133. The van der Waals surface area contributed by atoms with Gasteiger partial charge in [-0.3, -0.25) is 4.79 Å². The molecule has 1 aromatic heterocycles. The number of hydrogen-bond acceptors (Lipinski definition) is 5. The van der Waals surface area contributed by atoms with E-state index in [2.05, 4.69) is 17.1 Å². The number of carboxylic acids is 1. The maximum atomic E-state index is 10.6. The molecule has 7 heteroatoms. The van der Waals surface area contributed by atoms with E-state index >= 15 is 0 Å². The Morgan fingerprint density at radius 3 is 2.94 bits per heavy atom. The molecule has 0 radical (unpaired) electrons. The summed E-state index contributed by atoms with van der Waals surface area (Å²) >= 11 is 1.22. The van der Waals surface area contributed by atoms with Crippen molar-refractivity contribution in [2.75, 3.05) is 12.4 Å². The number of rotatable bonds is 8. The molecule has 1 aliphatic carbocycles. The van der Waals surface area contributed by atoms with Crippen LogP contribution >= 0.6 is 11.8 Å². The average molecular weight is 271 g/mol. The third-order valence-corrected chi connectivity index (χ3v) is 3.48. The molecule has 0 atom stereocenters. The van der Waals surface area contributed by atoms with E-state index in [-0.39, 0.29) is 5.75 Å². The van der Waals surface area contributed by atoms with Crippen LogP contribution < -0.4 is 0 Å². The van der Waals surface area contributed by atoms with Gasteiger partial charge in [-0.1, -0.05) is 18.7 Å². The molecule has 0 bridgehead atoms. The van der Waals surface area contributed by atoms with Gasteiger partial charge in [0.2, 0.25) is 0 Å². The smallest absolute Gasteiger partial charge is 0.313 e. The van der Waals surface area contributed by atoms with Crippen LogP contribution in [0.2, 0.25) is 0 Å². The first kappa shape index (κ1) is 13.4. The maximum absolute atomic E-state index is 10.6. The minimum absolute atomic E-state index is 0.0146. The van der Waals surface area contributed by atoms with E-state index in [4.69, 9.17) is 9.84 Å². The zero-order valence-electron chi connectivity index (χ0n) is 10.3. The predicted octanol–water partition coefficient (Wildman–Crippen LogP) is 1.72. The van der Waals surface area contributed by atoms with E-state index in [0.717, 1.165) is 25.1 Å². The Morgan fingerprint density at radius 1 is 1.56 bits per heavy atom. The summed E-state index contributed by atoms with van der Waals surface area (Å²) in [5.74, 6) is -0.0197. The fourth-order valence-electron chi connectivity index (χ4n) is 1.64. The molecular formula is C11H17N3O3S. The summed E-state index contributed by atoms with van der Waals surface area (Å²) in [6.07, 6.45) is 3.19. The topological polar surface area (TPSA) is 77.2 Å². The number of aromatic nitrogens is 3. The second kappa shape index (κ2) is 6.19. The first-order chi connectivity index (χ1) is 8.72. The van der Waals surface area contributed by atoms with Crippen LogP contribution in [0.15, 0.2) is 5.16 Å². The number of hydrogen-bond donors (Lipinski definition) is 1. The minimum Gasteiger partial charge on any atom is -0.481 e. The first-order valence-corrected chi connectivity index (χ1v) is 7.07. The Bertz CT molecular complexity index is 418. The third kappa shape index (κ3) is 3.46. The van der Waals surface area contributed by atoms with Crippen molar-refractivity contribution in [1.82, 2.24) is 14.8 Å². The van der Waals surface area contributed by atoms with Crippen molar-refractivity contribution in [3.05, 3.63) is 5.82 Å². The Balaban J connectivity index is 2.02. The number of ether oxygens (including phenoxy) is 1. The summed E-state index contributed by atoms with van der Waals surface area (Å²) < 4.78 is 7.51. The third-order valence-electron chi connectivity index (χ3n) is 2.55. The van der Waals surface area contributed by atoms with E-state index in [0.29, 0.717) is 24.4 Å². The zero-order chi connectivity index (χ0) is 13.0. The van der Waals surface area contributed by atoms with Gasteiger partial charge in [0, 0.05) is 12.6 Å². The number of carbonyl (C=O) groups is 1. The molecule has 0 aromatic carbocycles. The molecule has 1 aromatic rings. The van der Waals surface area contributed by atoms with Gasteiger partial charge in [0.1, 0.15) is 6.61 Å². The van der Waals surface area contributed by atoms with Gasteiger partial charge in [-0.15, -0.1) is 10.2 Å². The summed E-state index contributed by atoms with van der Waals surface area (Å²) in [4.78, 5) is 10.6. The molecule has 0 unspecified atom stereocenters. The van der Waals surface area contributed by atoms with Crippen LogP contribution in [0.3, 0.4) is 0 Å². The molecule has 1 N–H and O–H groups in total. The lowest BCUT2D eigenvalue weighted by Crippen LogP contribution is -2.07. The van der Waals surface area contributed by atoms with E-state index in [1.165, 1.54) is 11.8 Å². The Kier molecular flexibility index (Phi) is 4.60. The molecule has 1 heterocycles. The van der Waals surface area contributed by atoms with E-state index < -0.39 is 5.97 Å². The molecule has 2 rings (SSSR count). The lowest BCUT2D eigenvalue weighted by atomic mass is 10.5.